The average molecular weight is 387 g/mol. The van der Waals surface area contributed by atoms with Crippen LogP contribution in [0.2, 0.25) is 0 Å². The van der Waals surface area contributed by atoms with Gasteiger partial charge in [0, 0.05) is 41.1 Å². The molecule has 0 fully saturated rings. The normalized spacial score (nSPS) is 15.2. The zero-order chi connectivity index (χ0) is 20.4. The predicted molar refractivity (Wildman–Crippen MR) is 108 cm³/mol. The Labute approximate surface area is 165 Å². The van der Waals surface area contributed by atoms with Gasteiger partial charge in [-0.2, -0.15) is 0 Å². The van der Waals surface area contributed by atoms with E-state index in [0.29, 0.717) is 36.9 Å². The standard InChI is InChI=1S/C22H29NO5/c1-6-13(3)23-11-16-10-18-14(4)17(8-9-19(24)26-7-2)22(25)28-21(18)15(5)20(16)27-12-23/h10,13H,6-9,11-12H2,1-5H3/t13-/m1/s1. The molecule has 1 aromatic heterocycles. The van der Waals surface area contributed by atoms with Gasteiger partial charge < -0.3 is 13.9 Å². The molecule has 1 aliphatic rings. The van der Waals surface area contributed by atoms with E-state index in [-0.39, 0.29) is 12.4 Å². The smallest absolute Gasteiger partial charge is 0.339 e. The lowest BCUT2D eigenvalue weighted by atomic mass is 9.97. The van der Waals surface area contributed by atoms with Crippen molar-refractivity contribution < 1.29 is 18.7 Å². The van der Waals surface area contributed by atoms with Crippen molar-refractivity contribution in [2.45, 2.75) is 66.5 Å². The fourth-order valence-corrected chi connectivity index (χ4v) is 3.75. The van der Waals surface area contributed by atoms with Crippen LogP contribution in [0.3, 0.4) is 0 Å². The highest BCUT2D eigenvalue weighted by Gasteiger charge is 2.25. The first-order valence-corrected chi connectivity index (χ1v) is 9.98. The van der Waals surface area contributed by atoms with E-state index in [9.17, 15) is 9.59 Å². The maximum absolute atomic E-state index is 12.6. The summed E-state index contributed by atoms with van der Waals surface area (Å²) in [4.78, 5) is 26.6. The van der Waals surface area contributed by atoms with Gasteiger partial charge in [-0.25, -0.2) is 4.79 Å². The first-order chi connectivity index (χ1) is 13.4. The van der Waals surface area contributed by atoms with Crippen molar-refractivity contribution in [1.82, 2.24) is 4.90 Å². The van der Waals surface area contributed by atoms with Crippen molar-refractivity contribution >= 4 is 16.9 Å². The molecule has 152 valence electrons. The molecule has 0 spiro atoms. The van der Waals surface area contributed by atoms with Crippen LogP contribution >= 0.6 is 0 Å². The Morgan fingerprint density at radius 3 is 2.71 bits per heavy atom. The zero-order valence-corrected chi connectivity index (χ0v) is 17.4. The number of nitrogens with zero attached hydrogens (tertiary/aromatic N) is 1. The van der Waals surface area contributed by atoms with Gasteiger partial charge in [-0.3, -0.25) is 9.69 Å². The molecule has 0 bridgehead atoms. The fourth-order valence-electron chi connectivity index (χ4n) is 3.75. The molecule has 0 saturated heterocycles. The molecule has 1 aliphatic heterocycles. The van der Waals surface area contributed by atoms with E-state index < -0.39 is 5.63 Å². The van der Waals surface area contributed by atoms with E-state index in [1.54, 1.807) is 6.92 Å². The number of aryl methyl sites for hydroxylation is 2. The summed E-state index contributed by atoms with van der Waals surface area (Å²) < 4.78 is 16.6. The van der Waals surface area contributed by atoms with Crippen LogP contribution in [0.25, 0.3) is 11.0 Å². The number of carbonyl (C=O) groups excluding carboxylic acids is 1. The second-order valence-corrected chi connectivity index (χ2v) is 7.44. The van der Waals surface area contributed by atoms with Gasteiger partial charge in [-0.1, -0.05) is 6.92 Å². The highest BCUT2D eigenvalue weighted by Crippen LogP contribution is 2.36. The molecule has 2 aromatic rings. The summed E-state index contributed by atoms with van der Waals surface area (Å²) in [6, 6.07) is 2.50. The molecule has 1 atom stereocenters. The van der Waals surface area contributed by atoms with E-state index in [1.807, 2.05) is 13.8 Å². The summed E-state index contributed by atoms with van der Waals surface area (Å²) in [5, 5.41) is 0.907. The number of carbonyl (C=O) groups is 1. The van der Waals surface area contributed by atoms with E-state index in [2.05, 4.69) is 24.8 Å². The molecule has 6 nitrogen and oxygen atoms in total. The lowest BCUT2D eigenvalue weighted by molar-refractivity contribution is -0.143. The van der Waals surface area contributed by atoms with Gasteiger partial charge in [0.1, 0.15) is 18.1 Å². The molecule has 28 heavy (non-hydrogen) atoms. The van der Waals surface area contributed by atoms with Crippen LogP contribution in [0.4, 0.5) is 0 Å². The predicted octanol–water partition coefficient (Wildman–Crippen LogP) is 3.86. The molecule has 0 radical (unpaired) electrons. The summed E-state index contributed by atoms with van der Waals surface area (Å²) in [6.45, 7) is 11.7. The number of hydrogen-bond donors (Lipinski definition) is 0. The first kappa shape index (κ1) is 20.4. The molecule has 0 unspecified atom stereocenters. The van der Waals surface area contributed by atoms with Gasteiger partial charge in [0.25, 0.3) is 0 Å². The summed E-state index contributed by atoms with van der Waals surface area (Å²) in [5.41, 5.74) is 3.53. The van der Waals surface area contributed by atoms with Crippen molar-refractivity contribution in [3.8, 4) is 5.75 Å². The number of fused-ring (bicyclic) bond motifs is 2. The molecule has 0 amide bonds. The number of hydrogen-bond acceptors (Lipinski definition) is 6. The first-order valence-electron chi connectivity index (χ1n) is 9.98. The van der Waals surface area contributed by atoms with E-state index in [0.717, 1.165) is 40.8 Å². The van der Waals surface area contributed by atoms with E-state index >= 15 is 0 Å². The Hall–Kier alpha value is -2.34. The topological polar surface area (TPSA) is 69.0 Å². The van der Waals surface area contributed by atoms with Crippen molar-refractivity contribution in [2.75, 3.05) is 13.3 Å². The van der Waals surface area contributed by atoms with Crippen LogP contribution < -0.4 is 10.4 Å². The zero-order valence-electron chi connectivity index (χ0n) is 17.4. The van der Waals surface area contributed by atoms with Crippen molar-refractivity contribution in [3.05, 3.63) is 38.7 Å². The maximum atomic E-state index is 12.6. The third-order valence-electron chi connectivity index (χ3n) is 5.68. The van der Waals surface area contributed by atoms with Gasteiger partial charge in [0.15, 0.2) is 0 Å². The number of ether oxygens (including phenoxy) is 2. The quantitative estimate of drug-likeness (QED) is 0.554. The van der Waals surface area contributed by atoms with Crippen LogP contribution in [-0.2, 0) is 22.5 Å². The summed E-state index contributed by atoms with van der Waals surface area (Å²) in [7, 11) is 0. The van der Waals surface area contributed by atoms with Gasteiger partial charge in [0.2, 0.25) is 0 Å². The molecular weight excluding hydrogens is 358 g/mol. The summed E-state index contributed by atoms with van der Waals surface area (Å²) in [5.74, 6) is 0.509. The lowest BCUT2D eigenvalue weighted by Gasteiger charge is -2.34. The van der Waals surface area contributed by atoms with Crippen LogP contribution in [0, 0.1) is 13.8 Å². The van der Waals surface area contributed by atoms with Crippen LogP contribution in [0.1, 0.15) is 55.9 Å². The van der Waals surface area contributed by atoms with Gasteiger partial charge in [-0.05, 0) is 52.2 Å². The van der Waals surface area contributed by atoms with Crippen molar-refractivity contribution in [2.24, 2.45) is 0 Å². The molecule has 6 heteroatoms. The highest BCUT2D eigenvalue weighted by molar-refractivity contribution is 5.87. The fraction of sp³-hybridized carbons (Fsp3) is 0.545. The number of benzene rings is 1. The third kappa shape index (κ3) is 3.78. The molecule has 1 aromatic carbocycles. The molecular formula is C22H29NO5. The highest BCUT2D eigenvalue weighted by atomic mass is 16.5. The average Bonchev–Trinajstić information content (AvgIpc) is 2.68. The summed E-state index contributed by atoms with van der Waals surface area (Å²) in [6.07, 6.45) is 1.53. The largest absolute Gasteiger partial charge is 0.477 e. The number of rotatable bonds is 6. The Bertz CT molecular complexity index is 946. The van der Waals surface area contributed by atoms with Crippen molar-refractivity contribution in [1.29, 1.82) is 0 Å². The van der Waals surface area contributed by atoms with Crippen LogP contribution in [-0.4, -0.2) is 30.2 Å². The minimum atomic E-state index is -0.394. The van der Waals surface area contributed by atoms with Gasteiger partial charge >= 0.3 is 11.6 Å². The third-order valence-corrected chi connectivity index (χ3v) is 5.68. The Balaban J connectivity index is 2.02. The van der Waals surface area contributed by atoms with E-state index in [4.69, 9.17) is 13.9 Å². The van der Waals surface area contributed by atoms with E-state index in [1.165, 1.54) is 0 Å². The Kier molecular flexibility index (Phi) is 6.08. The molecule has 2 heterocycles. The number of esters is 1. The lowest BCUT2D eigenvalue weighted by Crippen LogP contribution is -2.38. The van der Waals surface area contributed by atoms with Crippen LogP contribution in [0.5, 0.6) is 5.75 Å². The Morgan fingerprint density at radius 1 is 1.29 bits per heavy atom. The second kappa shape index (κ2) is 8.35. The SMILES string of the molecule is CCOC(=O)CCc1c(C)c2cc3c(c(C)c2oc1=O)OCN([C@H](C)CC)C3. The Morgan fingerprint density at radius 2 is 2.04 bits per heavy atom. The second-order valence-electron chi connectivity index (χ2n) is 7.44. The van der Waals surface area contributed by atoms with Crippen LogP contribution in [0.15, 0.2) is 15.3 Å². The van der Waals surface area contributed by atoms with Crippen molar-refractivity contribution in [3.63, 3.8) is 0 Å². The minimum Gasteiger partial charge on any atom is -0.477 e. The molecule has 0 N–H and O–H groups in total. The minimum absolute atomic E-state index is 0.166. The maximum Gasteiger partial charge on any atom is 0.339 e. The summed E-state index contributed by atoms with van der Waals surface area (Å²) >= 11 is 0. The molecule has 0 saturated carbocycles. The monoisotopic (exact) mass is 387 g/mol. The van der Waals surface area contributed by atoms with Gasteiger partial charge in [0.05, 0.1) is 6.61 Å². The molecule has 3 rings (SSSR count). The molecule has 0 aliphatic carbocycles. The van der Waals surface area contributed by atoms with Gasteiger partial charge in [-0.15, -0.1) is 0 Å².